The zero-order valence-corrected chi connectivity index (χ0v) is 19.5. The van der Waals surface area contributed by atoms with Crippen LogP contribution in [-0.2, 0) is 0 Å². The molecule has 0 heterocycles. The molecule has 2 aliphatic rings. The van der Waals surface area contributed by atoms with Gasteiger partial charge in [0, 0.05) is 2.85 Å². The fraction of sp³-hybridized carbons (Fsp3) is 0.714. The number of unbranched alkanes of at least 4 members (excludes halogenated alkanes) is 2. The molecule has 2 fully saturated rings. The molecule has 0 saturated heterocycles. The minimum atomic E-state index is -0.881. The standard InChI is InChI=1S/C28H40F2O.2H2/c1-4-7-8-9-24(6-3)31-26-19-18-25(27(29)28(26)30)23-16-14-22(15-17-23)21-12-10-20(5-2)11-13-21;;/h3,18-24H,4-5,7-17H2,1-2H3;2*1H. The number of benzene rings is 1. The van der Waals surface area contributed by atoms with Crippen LogP contribution in [0.1, 0.15) is 112 Å². The second-order valence-electron chi connectivity index (χ2n) is 9.85. The van der Waals surface area contributed by atoms with E-state index in [-0.39, 0.29) is 14.5 Å². The highest BCUT2D eigenvalue weighted by Crippen LogP contribution is 2.45. The monoisotopic (exact) mass is 434 g/mol. The van der Waals surface area contributed by atoms with E-state index < -0.39 is 17.7 Å². The molecule has 0 aliphatic heterocycles. The summed E-state index contributed by atoms with van der Waals surface area (Å²) in [4.78, 5) is 0. The van der Waals surface area contributed by atoms with E-state index in [1.165, 1.54) is 32.1 Å². The van der Waals surface area contributed by atoms with Crippen LogP contribution in [0.3, 0.4) is 0 Å². The van der Waals surface area contributed by atoms with Gasteiger partial charge in [-0.25, -0.2) is 4.39 Å². The minimum Gasteiger partial charge on any atom is -0.475 e. The average molecular weight is 435 g/mol. The summed E-state index contributed by atoms with van der Waals surface area (Å²) >= 11 is 0. The molecule has 31 heavy (non-hydrogen) atoms. The van der Waals surface area contributed by atoms with Gasteiger partial charge in [0.15, 0.2) is 17.7 Å². The van der Waals surface area contributed by atoms with Crippen molar-refractivity contribution >= 4 is 0 Å². The summed E-state index contributed by atoms with van der Waals surface area (Å²) in [6.45, 7) is 4.42. The molecule has 176 valence electrons. The summed E-state index contributed by atoms with van der Waals surface area (Å²) < 4.78 is 35.3. The first-order valence-corrected chi connectivity index (χ1v) is 12.7. The second kappa shape index (κ2) is 11.9. The third kappa shape index (κ3) is 6.24. The molecule has 0 N–H and O–H groups in total. The van der Waals surface area contributed by atoms with Crippen molar-refractivity contribution in [3.8, 4) is 18.1 Å². The van der Waals surface area contributed by atoms with E-state index >= 15 is 0 Å². The van der Waals surface area contributed by atoms with Gasteiger partial charge in [0.25, 0.3) is 0 Å². The summed E-state index contributed by atoms with van der Waals surface area (Å²) in [5.41, 5.74) is 0.515. The van der Waals surface area contributed by atoms with E-state index in [4.69, 9.17) is 11.2 Å². The topological polar surface area (TPSA) is 9.23 Å². The lowest BCUT2D eigenvalue weighted by molar-refractivity contribution is 0.157. The number of ether oxygens (including phenoxy) is 1. The Hall–Kier alpha value is -1.56. The van der Waals surface area contributed by atoms with Gasteiger partial charge >= 0.3 is 0 Å². The zero-order valence-electron chi connectivity index (χ0n) is 19.5. The normalized spacial score (nSPS) is 27.5. The molecule has 1 atom stereocenters. The Labute approximate surface area is 191 Å². The van der Waals surface area contributed by atoms with Crippen molar-refractivity contribution in [1.82, 2.24) is 0 Å². The van der Waals surface area contributed by atoms with E-state index in [1.807, 2.05) is 0 Å². The molecule has 3 rings (SSSR count). The smallest absolute Gasteiger partial charge is 0.200 e. The van der Waals surface area contributed by atoms with Gasteiger partial charge in [-0.3, -0.25) is 0 Å². The summed E-state index contributed by atoms with van der Waals surface area (Å²) in [5, 5.41) is 0. The number of hydrogen-bond acceptors (Lipinski definition) is 1. The lowest BCUT2D eigenvalue weighted by atomic mass is 9.68. The van der Waals surface area contributed by atoms with E-state index in [1.54, 1.807) is 12.1 Å². The van der Waals surface area contributed by atoms with Crippen LogP contribution in [-0.4, -0.2) is 6.10 Å². The van der Waals surface area contributed by atoms with Crippen LogP contribution in [0, 0.1) is 41.7 Å². The average Bonchev–Trinajstić information content (AvgIpc) is 2.81. The van der Waals surface area contributed by atoms with Crippen molar-refractivity contribution in [2.75, 3.05) is 0 Å². The molecule has 1 aromatic rings. The van der Waals surface area contributed by atoms with Gasteiger partial charge in [0.05, 0.1) is 0 Å². The number of hydrogen-bond donors (Lipinski definition) is 0. The van der Waals surface area contributed by atoms with Gasteiger partial charge < -0.3 is 4.74 Å². The highest BCUT2D eigenvalue weighted by molar-refractivity contribution is 5.34. The molecule has 0 amide bonds. The molecular weight excluding hydrogens is 390 g/mol. The van der Waals surface area contributed by atoms with Gasteiger partial charge in [0.2, 0.25) is 5.82 Å². The maximum atomic E-state index is 14.9. The molecule has 2 saturated carbocycles. The number of terminal acetylenes is 1. The summed E-state index contributed by atoms with van der Waals surface area (Å²) in [5.74, 6) is 3.53. The first-order chi connectivity index (χ1) is 15.1. The van der Waals surface area contributed by atoms with E-state index in [2.05, 4.69) is 19.8 Å². The Morgan fingerprint density at radius 2 is 1.61 bits per heavy atom. The van der Waals surface area contributed by atoms with Crippen LogP contribution in [0.25, 0.3) is 0 Å². The highest BCUT2D eigenvalue weighted by atomic mass is 19.2. The van der Waals surface area contributed by atoms with Crippen LogP contribution in [0.5, 0.6) is 5.75 Å². The third-order valence-electron chi connectivity index (χ3n) is 7.95. The Morgan fingerprint density at radius 3 is 2.19 bits per heavy atom. The largest absolute Gasteiger partial charge is 0.475 e. The molecule has 3 heteroatoms. The van der Waals surface area contributed by atoms with Crippen molar-refractivity contribution in [2.45, 2.75) is 109 Å². The molecule has 0 bridgehead atoms. The van der Waals surface area contributed by atoms with E-state index in [0.717, 1.165) is 62.7 Å². The molecule has 1 nitrogen and oxygen atoms in total. The van der Waals surface area contributed by atoms with E-state index in [9.17, 15) is 8.78 Å². The first kappa shape index (κ1) is 24.1. The van der Waals surface area contributed by atoms with Crippen molar-refractivity contribution in [3.63, 3.8) is 0 Å². The van der Waals surface area contributed by atoms with Crippen molar-refractivity contribution in [3.05, 3.63) is 29.3 Å². The van der Waals surface area contributed by atoms with Crippen molar-refractivity contribution in [2.24, 2.45) is 17.8 Å². The fourth-order valence-corrected chi connectivity index (χ4v) is 5.83. The predicted molar refractivity (Wildman–Crippen MR) is 128 cm³/mol. The summed E-state index contributed by atoms with van der Waals surface area (Å²) in [6, 6.07) is 3.31. The molecule has 1 aromatic carbocycles. The van der Waals surface area contributed by atoms with Crippen LogP contribution in [0.4, 0.5) is 8.78 Å². The van der Waals surface area contributed by atoms with Gasteiger partial charge in [-0.1, -0.05) is 57.9 Å². The van der Waals surface area contributed by atoms with Crippen LogP contribution in [0.15, 0.2) is 12.1 Å². The van der Waals surface area contributed by atoms with Crippen LogP contribution in [0.2, 0.25) is 0 Å². The summed E-state index contributed by atoms with van der Waals surface area (Å²) in [7, 11) is 0. The van der Waals surface area contributed by atoms with Crippen molar-refractivity contribution < 1.29 is 16.4 Å². The quantitative estimate of drug-likeness (QED) is 0.278. The lowest BCUT2D eigenvalue weighted by Crippen LogP contribution is -2.25. The Morgan fingerprint density at radius 1 is 0.968 bits per heavy atom. The van der Waals surface area contributed by atoms with Gasteiger partial charge in [-0.2, -0.15) is 4.39 Å². The SMILES string of the molecule is C#CC(CCCCC)Oc1ccc(C2CCC(C3CCC(CC)CC3)CC2)c(F)c1F.[HH].[HH]. The van der Waals surface area contributed by atoms with Crippen LogP contribution < -0.4 is 4.74 Å². The maximum Gasteiger partial charge on any atom is 0.200 e. The Kier molecular flexibility index (Phi) is 9.24. The molecular formula is C28H44F2O. The number of halogens is 2. The second-order valence-corrected chi connectivity index (χ2v) is 9.85. The number of rotatable bonds is 9. The molecule has 0 radical (unpaired) electrons. The van der Waals surface area contributed by atoms with Crippen molar-refractivity contribution in [1.29, 1.82) is 0 Å². The fourth-order valence-electron chi connectivity index (χ4n) is 5.83. The van der Waals surface area contributed by atoms with Gasteiger partial charge in [-0.15, -0.1) is 6.42 Å². The summed E-state index contributed by atoms with van der Waals surface area (Å²) in [6.07, 6.45) is 19.7. The molecule has 2 aliphatic carbocycles. The molecule has 1 unspecified atom stereocenters. The lowest BCUT2D eigenvalue weighted by Gasteiger charge is -2.38. The zero-order chi connectivity index (χ0) is 22.2. The predicted octanol–water partition coefficient (Wildman–Crippen LogP) is 8.91. The maximum absolute atomic E-state index is 14.9. The third-order valence-corrected chi connectivity index (χ3v) is 7.95. The molecule has 0 aromatic heterocycles. The van der Waals surface area contributed by atoms with Gasteiger partial charge in [0.1, 0.15) is 0 Å². The Balaban J connectivity index is 0.00000272. The molecule has 0 spiro atoms. The van der Waals surface area contributed by atoms with E-state index in [0.29, 0.717) is 12.0 Å². The highest BCUT2D eigenvalue weighted by Gasteiger charge is 2.32. The minimum absolute atomic E-state index is 0. The van der Waals surface area contributed by atoms with Gasteiger partial charge in [-0.05, 0) is 86.7 Å². The first-order valence-electron chi connectivity index (χ1n) is 12.7. The Bertz CT molecular complexity index is 732. The van der Waals surface area contributed by atoms with Crippen LogP contribution >= 0.6 is 0 Å².